The van der Waals surface area contributed by atoms with Gasteiger partial charge in [0.25, 0.3) is 0 Å². The lowest BCUT2D eigenvalue weighted by atomic mass is 10.2. The Kier molecular flexibility index (Phi) is 5.54. The fourth-order valence-electron chi connectivity index (χ4n) is 1.91. The molecule has 1 heteroatoms. The SMILES string of the molecule is CCCC/C=C/[Si](C)(C)Cc1ccccc1. The summed E-state index contributed by atoms with van der Waals surface area (Å²) in [5, 5.41) is 0. The van der Waals surface area contributed by atoms with Crippen LogP contribution < -0.4 is 0 Å². The Morgan fingerprint density at radius 2 is 1.81 bits per heavy atom. The highest BCUT2D eigenvalue weighted by molar-refractivity contribution is 6.81. The normalized spacial score (nSPS) is 12.2. The minimum atomic E-state index is -1.17. The van der Waals surface area contributed by atoms with Crippen molar-refractivity contribution in [1.82, 2.24) is 0 Å². The molecule has 0 radical (unpaired) electrons. The number of rotatable bonds is 6. The minimum absolute atomic E-state index is 1.17. The van der Waals surface area contributed by atoms with E-state index in [0.29, 0.717) is 0 Å². The predicted octanol–water partition coefficient (Wildman–Crippen LogP) is 4.76. The first-order valence-electron chi connectivity index (χ1n) is 6.36. The first-order valence-corrected chi connectivity index (χ1v) is 9.64. The summed E-state index contributed by atoms with van der Waals surface area (Å²) in [6.07, 6.45) is 6.28. The van der Waals surface area contributed by atoms with Gasteiger partial charge in [0, 0.05) is 0 Å². The van der Waals surface area contributed by atoms with Gasteiger partial charge in [0.2, 0.25) is 0 Å². The number of allylic oxidation sites excluding steroid dienone is 1. The van der Waals surface area contributed by atoms with Crippen LogP contribution >= 0.6 is 0 Å². The van der Waals surface area contributed by atoms with Crippen LogP contribution in [0.4, 0.5) is 0 Å². The van der Waals surface area contributed by atoms with Crippen LogP contribution in [0.5, 0.6) is 0 Å². The molecule has 0 saturated carbocycles. The maximum atomic E-state index is 2.51. The molecule has 88 valence electrons. The van der Waals surface area contributed by atoms with Crippen LogP contribution in [-0.4, -0.2) is 8.07 Å². The second-order valence-corrected chi connectivity index (χ2v) is 9.86. The van der Waals surface area contributed by atoms with Gasteiger partial charge in [0.05, 0.1) is 8.07 Å². The summed E-state index contributed by atoms with van der Waals surface area (Å²) in [6, 6.07) is 12.1. The predicted molar refractivity (Wildman–Crippen MR) is 76.3 cm³/mol. The fraction of sp³-hybridized carbons (Fsp3) is 0.467. The molecule has 16 heavy (non-hydrogen) atoms. The van der Waals surface area contributed by atoms with Gasteiger partial charge in [-0.25, -0.2) is 0 Å². The Bertz CT molecular complexity index is 311. The molecule has 0 amide bonds. The molecule has 0 spiro atoms. The molecule has 0 aliphatic carbocycles. The van der Waals surface area contributed by atoms with Crippen LogP contribution in [-0.2, 0) is 6.04 Å². The molecule has 0 N–H and O–H groups in total. The molecule has 1 rings (SSSR count). The van der Waals surface area contributed by atoms with Gasteiger partial charge in [-0.1, -0.05) is 80.5 Å². The highest BCUT2D eigenvalue weighted by Gasteiger charge is 2.16. The summed E-state index contributed by atoms with van der Waals surface area (Å²) in [6.45, 7) is 7.14. The first-order chi connectivity index (χ1) is 7.64. The van der Waals surface area contributed by atoms with Gasteiger partial charge in [-0.15, -0.1) is 0 Å². The standard InChI is InChI=1S/C15H24Si/c1-4-5-6-10-13-16(2,3)14-15-11-8-7-9-12-15/h7-13H,4-6,14H2,1-3H3/b13-10+. The van der Waals surface area contributed by atoms with Crippen molar-refractivity contribution >= 4 is 8.07 Å². The van der Waals surface area contributed by atoms with Crippen molar-refractivity contribution in [1.29, 1.82) is 0 Å². The Morgan fingerprint density at radius 1 is 1.12 bits per heavy atom. The second kappa shape index (κ2) is 6.69. The van der Waals surface area contributed by atoms with Crippen molar-refractivity contribution in [3.63, 3.8) is 0 Å². The monoisotopic (exact) mass is 232 g/mol. The minimum Gasteiger partial charge on any atom is -0.0983 e. The van der Waals surface area contributed by atoms with Crippen LogP contribution in [0.3, 0.4) is 0 Å². The van der Waals surface area contributed by atoms with E-state index in [0.717, 1.165) is 0 Å². The molecule has 0 atom stereocenters. The highest BCUT2D eigenvalue weighted by Crippen LogP contribution is 2.13. The van der Waals surface area contributed by atoms with E-state index < -0.39 is 8.07 Å². The van der Waals surface area contributed by atoms with Gasteiger partial charge >= 0.3 is 0 Å². The maximum absolute atomic E-state index is 2.51. The van der Waals surface area contributed by atoms with E-state index in [1.807, 2.05) is 0 Å². The molecule has 0 aliphatic rings. The average Bonchev–Trinajstić information content (AvgIpc) is 2.25. The molecule has 0 fully saturated rings. The lowest BCUT2D eigenvalue weighted by molar-refractivity contribution is 0.815. The van der Waals surface area contributed by atoms with E-state index in [9.17, 15) is 0 Å². The number of hydrogen-bond donors (Lipinski definition) is 0. The molecule has 0 nitrogen and oxygen atoms in total. The van der Waals surface area contributed by atoms with E-state index >= 15 is 0 Å². The average molecular weight is 232 g/mol. The van der Waals surface area contributed by atoms with Crippen molar-refractivity contribution in [3.8, 4) is 0 Å². The van der Waals surface area contributed by atoms with Crippen LogP contribution in [0.2, 0.25) is 13.1 Å². The quantitative estimate of drug-likeness (QED) is 0.490. The number of unbranched alkanes of at least 4 members (excludes halogenated alkanes) is 2. The summed E-state index contributed by atoms with van der Waals surface area (Å²) in [7, 11) is -1.17. The fourth-order valence-corrected chi connectivity index (χ4v) is 4.12. The lowest BCUT2D eigenvalue weighted by Gasteiger charge is -2.17. The lowest BCUT2D eigenvalue weighted by Crippen LogP contribution is -2.26. The van der Waals surface area contributed by atoms with E-state index in [2.05, 4.69) is 62.1 Å². The molecule has 0 aromatic heterocycles. The first kappa shape index (κ1) is 13.2. The smallest absolute Gasteiger partial charge is 0.0756 e. The molecule has 0 unspecified atom stereocenters. The summed E-state index contributed by atoms with van der Waals surface area (Å²) < 4.78 is 0. The summed E-state index contributed by atoms with van der Waals surface area (Å²) in [5.74, 6) is 0. The van der Waals surface area contributed by atoms with Gasteiger partial charge < -0.3 is 0 Å². The molecule has 0 heterocycles. The third kappa shape index (κ3) is 5.31. The zero-order chi connectivity index (χ0) is 11.9. The van der Waals surface area contributed by atoms with Gasteiger partial charge in [-0.2, -0.15) is 0 Å². The molecule has 1 aromatic carbocycles. The van der Waals surface area contributed by atoms with Crippen molar-refractivity contribution in [3.05, 3.63) is 47.7 Å². The molecule has 0 saturated heterocycles. The molecule has 1 aromatic rings. The third-order valence-corrected chi connectivity index (χ3v) is 5.25. The van der Waals surface area contributed by atoms with E-state index in [1.54, 1.807) is 0 Å². The van der Waals surface area contributed by atoms with E-state index in [4.69, 9.17) is 0 Å². The van der Waals surface area contributed by atoms with Crippen LogP contribution in [0.25, 0.3) is 0 Å². The number of hydrogen-bond acceptors (Lipinski definition) is 0. The van der Waals surface area contributed by atoms with Crippen LogP contribution in [0.1, 0.15) is 31.7 Å². The highest BCUT2D eigenvalue weighted by atomic mass is 28.3. The topological polar surface area (TPSA) is 0 Å². The molecular formula is C15H24Si. The Balaban J connectivity index is 2.48. The Hall–Kier alpha value is -0.823. The van der Waals surface area contributed by atoms with Gasteiger partial charge in [0.1, 0.15) is 0 Å². The van der Waals surface area contributed by atoms with Crippen molar-refractivity contribution in [2.24, 2.45) is 0 Å². The van der Waals surface area contributed by atoms with Crippen LogP contribution in [0, 0.1) is 0 Å². The zero-order valence-corrected chi connectivity index (χ0v) is 11.9. The van der Waals surface area contributed by atoms with Crippen molar-refractivity contribution in [2.75, 3.05) is 0 Å². The van der Waals surface area contributed by atoms with Gasteiger partial charge in [-0.3, -0.25) is 0 Å². The van der Waals surface area contributed by atoms with E-state index in [-0.39, 0.29) is 0 Å². The van der Waals surface area contributed by atoms with Crippen LogP contribution in [0.15, 0.2) is 42.1 Å². The summed E-state index contributed by atoms with van der Waals surface area (Å²) >= 11 is 0. The molecular weight excluding hydrogens is 208 g/mol. The zero-order valence-electron chi connectivity index (χ0n) is 10.9. The van der Waals surface area contributed by atoms with Crippen molar-refractivity contribution < 1.29 is 0 Å². The largest absolute Gasteiger partial charge is 0.0983 e. The van der Waals surface area contributed by atoms with Gasteiger partial charge in [-0.05, 0) is 12.5 Å². The molecule has 0 bridgehead atoms. The second-order valence-electron chi connectivity index (χ2n) is 5.20. The summed E-state index contributed by atoms with van der Waals surface area (Å²) in [4.78, 5) is 0. The summed E-state index contributed by atoms with van der Waals surface area (Å²) in [5.41, 5.74) is 4.00. The third-order valence-electron chi connectivity index (χ3n) is 2.80. The Morgan fingerprint density at radius 3 is 2.44 bits per heavy atom. The van der Waals surface area contributed by atoms with E-state index in [1.165, 1.54) is 30.9 Å². The van der Waals surface area contributed by atoms with Gasteiger partial charge in [0.15, 0.2) is 0 Å². The Labute approximate surface area is 101 Å². The number of benzene rings is 1. The maximum Gasteiger partial charge on any atom is 0.0756 e. The molecule has 0 aliphatic heterocycles. The van der Waals surface area contributed by atoms with Crippen molar-refractivity contribution in [2.45, 2.75) is 45.3 Å².